The van der Waals surface area contributed by atoms with Gasteiger partial charge in [0.25, 0.3) is 5.91 Å². The first kappa shape index (κ1) is 17.9. The van der Waals surface area contributed by atoms with E-state index in [2.05, 4.69) is 10.4 Å². The summed E-state index contributed by atoms with van der Waals surface area (Å²) in [5, 5.41) is 9.36. The lowest BCUT2D eigenvalue weighted by Crippen LogP contribution is -2.16. The zero-order chi connectivity index (χ0) is 18.8. The second kappa shape index (κ2) is 7.62. The van der Waals surface area contributed by atoms with Gasteiger partial charge in [-0.3, -0.25) is 9.48 Å². The highest BCUT2D eigenvalue weighted by molar-refractivity contribution is 7.12. The highest BCUT2D eigenvalue weighted by atomic mass is 32.1. The van der Waals surface area contributed by atoms with E-state index in [0.717, 1.165) is 36.3 Å². The lowest BCUT2D eigenvalue weighted by Gasteiger charge is -2.19. The maximum absolute atomic E-state index is 13.2. The average Bonchev–Trinajstić information content (AvgIpc) is 3.31. The van der Waals surface area contributed by atoms with E-state index in [0.29, 0.717) is 17.3 Å². The van der Waals surface area contributed by atoms with Crippen molar-refractivity contribution in [3.8, 4) is 11.1 Å². The van der Waals surface area contributed by atoms with Crippen LogP contribution in [0.2, 0.25) is 0 Å². The summed E-state index contributed by atoms with van der Waals surface area (Å²) in [5.41, 5.74) is 2.55. The normalized spacial score (nSPS) is 17.0. The zero-order valence-electron chi connectivity index (χ0n) is 14.9. The van der Waals surface area contributed by atoms with E-state index in [1.807, 2.05) is 24.6 Å². The van der Waals surface area contributed by atoms with Gasteiger partial charge in [-0.15, -0.1) is 11.3 Å². The lowest BCUT2D eigenvalue weighted by atomic mass is 9.99. The van der Waals surface area contributed by atoms with E-state index in [1.165, 1.54) is 23.5 Å². The van der Waals surface area contributed by atoms with Gasteiger partial charge in [-0.05, 0) is 42.0 Å². The van der Waals surface area contributed by atoms with Gasteiger partial charge in [0.1, 0.15) is 16.5 Å². The average molecular weight is 385 g/mol. The van der Waals surface area contributed by atoms with Crippen molar-refractivity contribution < 1.29 is 13.9 Å². The first-order valence-electron chi connectivity index (χ1n) is 8.88. The predicted molar refractivity (Wildman–Crippen MR) is 104 cm³/mol. The minimum Gasteiger partial charge on any atom is -0.381 e. The van der Waals surface area contributed by atoms with Gasteiger partial charge in [0.05, 0.1) is 12.3 Å². The van der Waals surface area contributed by atoms with Crippen LogP contribution in [0.15, 0.2) is 41.8 Å². The van der Waals surface area contributed by atoms with Gasteiger partial charge in [-0.25, -0.2) is 4.39 Å². The van der Waals surface area contributed by atoms with Crippen molar-refractivity contribution in [1.82, 2.24) is 9.78 Å². The van der Waals surface area contributed by atoms with Crippen LogP contribution in [0.3, 0.4) is 0 Å². The summed E-state index contributed by atoms with van der Waals surface area (Å²) in [7, 11) is 1.82. The number of hydrogen-bond donors (Lipinski definition) is 1. The number of anilines is 1. The molecule has 0 saturated carbocycles. The molecule has 1 aliphatic rings. The number of rotatable bonds is 4. The summed E-state index contributed by atoms with van der Waals surface area (Å²) in [4.78, 5) is 13.4. The molecule has 7 heteroatoms. The monoisotopic (exact) mass is 385 g/mol. The molecule has 140 valence electrons. The van der Waals surface area contributed by atoms with Gasteiger partial charge in [0.15, 0.2) is 0 Å². The maximum Gasteiger partial charge on any atom is 0.267 e. The largest absolute Gasteiger partial charge is 0.381 e. The van der Waals surface area contributed by atoms with Crippen molar-refractivity contribution in [1.29, 1.82) is 0 Å². The molecule has 1 atom stereocenters. The molecule has 1 aliphatic heterocycles. The topological polar surface area (TPSA) is 56.1 Å². The van der Waals surface area contributed by atoms with Crippen molar-refractivity contribution in [3.05, 3.63) is 58.2 Å². The van der Waals surface area contributed by atoms with Gasteiger partial charge in [-0.1, -0.05) is 12.1 Å². The second-order valence-corrected chi connectivity index (χ2v) is 7.53. The molecule has 1 N–H and O–H groups in total. The van der Waals surface area contributed by atoms with Crippen LogP contribution < -0.4 is 5.32 Å². The molecule has 4 rings (SSSR count). The van der Waals surface area contributed by atoms with Crippen LogP contribution in [0.4, 0.5) is 10.2 Å². The van der Waals surface area contributed by atoms with Crippen LogP contribution in [-0.4, -0.2) is 28.9 Å². The summed E-state index contributed by atoms with van der Waals surface area (Å²) in [6.07, 6.45) is 2.07. The molecule has 1 aromatic carbocycles. The third-order valence-corrected chi connectivity index (χ3v) is 5.66. The van der Waals surface area contributed by atoms with Crippen molar-refractivity contribution in [2.75, 3.05) is 18.5 Å². The molecule has 0 aliphatic carbocycles. The Balaban J connectivity index is 1.54. The van der Waals surface area contributed by atoms with Crippen LogP contribution in [0, 0.1) is 5.82 Å². The Kier molecular flexibility index (Phi) is 5.05. The molecule has 0 bridgehead atoms. The third-order valence-electron chi connectivity index (χ3n) is 4.75. The number of ether oxygens (including phenoxy) is 1. The Morgan fingerprint density at radius 1 is 1.33 bits per heavy atom. The number of amides is 1. The van der Waals surface area contributed by atoms with Gasteiger partial charge in [0.2, 0.25) is 0 Å². The number of benzene rings is 1. The number of thiophene rings is 1. The van der Waals surface area contributed by atoms with Gasteiger partial charge >= 0.3 is 0 Å². The van der Waals surface area contributed by atoms with Gasteiger partial charge in [-0.2, -0.15) is 5.10 Å². The molecule has 1 fully saturated rings. The summed E-state index contributed by atoms with van der Waals surface area (Å²) >= 11 is 1.36. The number of carbonyl (C=O) groups is 1. The number of nitrogens with zero attached hydrogens (tertiary/aromatic N) is 2. The maximum atomic E-state index is 13.2. The van der Waals surface area contributed by atoms with Crippen LogP contribution in [0.25, 0.3) is 11.1 Å². The number of halogens is 1. The molecule has 3 aromatic rings. The molecule has 3 heterocycles. The second-order valence-electron chi connectivity index (χ2n) is 6.62. The highest BCUT2D eigenvalue weighted by Crippen LogP contribution is 2.30. The quantitative estimate of drug-likeness (QED) is 0.723. The standard InChI is InChI=1S/C20H20FN3O2S/c1-24-18(11-17(23-24)14-3-2-9-26-12-14)22-20(25)19-16(8-10-27-19)13-4-6-15(21)7-5-13/h4-8,10-11,14H,2-3,9,12H2,1H3,(H,22,25). The number of carbonyl (C=O) groups excluding carboxylic acids is 1. The zero-order valence-corrected chi connectivity index (χ0v) is 15.8. The minimum absolute atomic E-state index is 0.196. The summed E-state index contributed by atoms with van der Waals surface area (Å²) in [6, 6.07) is 9.95. The van der Waals surface area contributed by atoms with E-state index >= 15 is 0 Å². The van der Waals surface area contributed by atoms with E-state index in [9.17, 15) is 9.18 Å². The first-order chi connectivity index (χ1) is 13.1. The summed E-state index contributed by atoms with van der Waals surface area (Å²) < 4.78 is 20.4. The first-order valence-corrected chi connectivity index (χ1v) is 9.76. The smallest absolute Gasteiger partial charge is 0.267 e. The molecule has 0 spiro atoms. The highest BCUT2D eigenvalue weighted by Gasteiger charge is 2.22. The predicted octanol–water partition coefficient (Wildman–Crippen LogP) is 4.43. The molecular weight excluding hydrogens is 365 g/mol. The lowest BCUT2D eigenvalue weighted by molar-refractivity contribution is 0.0791. The SMILES string of the molecule is Cn1nc(C2CCCOC2)cc1NC(=O)c1sccc1-c1ccc(F)cc1. The molecule has 1 amide bonds. The Bertz CT molecular complexity index is 943. The number of hydrogen-bond acceptors (Lipinski definition) is 4. The van der Waals surface area contributed by atoms with E-state index in [4.69, 9.17) is 4.74 Å². The van der Waals surface area contributed by atoms with Crippen molar-refractivity contribution in [2.45, 2.75) is 18.8 Å². The fraction of sp³-hybridized carbons (Fsp3) is 0.300. The number of nitrogens with one attached hydrogen (secondary N) is 1. The van der Waals surface area contributed by atoms with Crippen LogP contribution in [-0.2, 0) is 11.8 Å². The Labute approximate surface area is 160 Å². The minimum atomic E-state index is -0.297. The van der Waals surface area contributed by atoms with Crippen LogP contribution >= 0.6 is 11.3 Å². The fourth-order valence-corrected chi connectivity index (χ4v) is 4.11. The summed E-state index contributed by atoms with van der Waals surface area (Å²) in [5.74, 6) is 0.430. The van der Waals surface area contributed by atoms with Crippen LogP contribution in [0.1, 0.15) is 34.1 Å². The Morgan fingerprint density at radius 2 is 2.15 bits per heavy atom. The molecular formula is C20H20FN3O2S. The molecule has 0 radical (unpaired) electrons. The fourth-order valence-electron chi connectivity index (χ4n) is 3.29. The third kappa shape index (κ3) is 3.79. The molecule has 2 aromatic heterocycles. The number of aromatic nitrogens is 2. The van der Waals surface area contributed by atoms with E-state index < -0.39 is 0 Å². The van der Waals surface area contributed by atoms with Gasteiger partial charge < -0.3 is 10.1 Å². The number of aryl methyl sites for hydroxylation is 1. The van der Waals surface area contributed by atoms with Gasteiger partial charge in [0, 0.05) is 31.2 Å². The summed E-state index contributed by atoms with van der Waals surface area (Å²) in [6.45, 7) is 1.47. The van der Waals surface area contributed by atoms with Crippen molar-refractivity contribution in [2.24, 2.45) is 7.05 Å². The Hall–Kier alpha value is -2.51. The molecule has 1 unspecified atom stereocenters. The van der Waals surface area contributed by atoms with Crippen molar-refractivity contribution >= 4 is 23.1 Å². The van der Waals surface area contributed by atoms with E-state index in [-0.39, 0.29) is 17.6 Å². The molecule has 27 heavy (non-hydrogen) atoms. The van der Waals surface area contributed by atoms with Crippen molar-refractivity contribution in [3.63, 3.8) is 0 Å². The molecule has 1 saturated heterocycles. The van der Waals surface area contributed by atoms with E-state index in [1.54, 1.807) is 16.8 Å². The van der Waals surface area contributed by atoms with Crippen LogP contribution in [0.5, 0.6) is 0 Å². The molecule has 5 nitrogen and oxygen atoms in total. The Morgan fingerprint density at radius 3 is 2.89 bits per heavy atom.